The maximum atomic E-state index is 12.1. The lowest BCUT2D eigenvalue weighted by molar-refractivity contribution is -0.117. The van der Waals surface area contributed by atoms with E-state index < -0.39 is 31.0 Å². The van der Waals surface area contributed by atoms with Crippen LogP contribution in [-0.4, -0.2) is 87.6 Å². The summed E-state index contributed by atoms with van der Waals surface area (Å²) < 4.78 is 0. The minimum Gasteiger partial charge on any atom is -0.394 e. The molecule has 0 spiro atoms. The first-order valence-electron chi connectivity index (χ1n) is 13.3. The smallest absolute Gasteiger partial charge is 0.317 e. The molecule has 0 aromatic heterocycles. The van der Waals surface area contributed by atoms with Crippen LogP contribution in [-0.2, 0) is 0 Å². The van der Waals surface area contributed by atoms with E-state index in [-0.39, 0.29) is 12.6 Å². The SMILES string of the molecule is CCCCCCCC/C=C/CCCCCCCCNC(=O)N(C)CC(O)C(O)C(O)C(O)CO. The number of aliphatic hydroxyl groups is 5. The lowest BCUT2D eigenvalue weighted by atomic mass is 10.0. The molecule has 8 nitrogen and oxygen atoms in total. The summed E-state index contributed by atoms with van der Waals surface area (Å²) in [7, 11) is 1.47. The van der Waals surface area contributed by atoms with E-state index in [1.54, 1.807) is 0 Å². The van der Waals surface area contributed by atoms with E-state index in [1.807, 2.05) is 0 Å². The Morgan fingerprint density at radius 1 is 0.765 bits per heavy atom. The van der Waals surface area contributed by atoms with Crippen LogP contribution in [0.4, 0.5) is 4.79 Å². The second-order valence-electron chi connectivity index (χ2n) is 9.35. The third kappa shape index (κ3) is 17.3. The molecular weight excluding hydrogens is 436 g/mol. The van der Waals surface area contributed by atoms with Gasteiger partial charge in [0.2, 0.25) is 0 Å². The van der Waals surface area contributed by atoms with Gasteiger partial charge in [-0.05, 0) is 32.1 Å². The third-order valence-corrected chi connectivity index (χ3v) is 6.10. The highest BCUT2D eigenvalue weighted by Crippen LogP contribution is 2.10. The van der Waals surface area contributed by atoms with Crippen molar-refractivity contribution in [2.24, 2.45) is 0 Å². The van der Waals surface area contributed by atoms with Gasteiger partial charge in [0.1, 0.15) is 24.4 Å². The molecule has 0 saturated carbocycles. The molecule has 0 aromatic rings. The monoisotopic (exact) mass is 488 g/mol. The van der Waals surface area contributed by atoms with E-state index >= 15 is 0 Å². The fourth-order valence-electron chi connectivity index (χ4n) is 3.74. The number of unbranched alkanes of at least 4 members (excludes halogenated alkanes) is 12. The number of rotatable bonds is 22. The quantitative estimate of drug-likeness (QED) is 0.102. The molecule has 0 aliphatic rings. The molecule has 0 saturated heterocycles. The van der Waals surface area contributed by atoms with Crippen LogP contribution in [0.3, 0.4) is 0 Å². The first-order chi connectivity index (χ1) is 16.3. The first-order valence-corrected chi connectivity index (χ1v) is 13.3. The van der Waals surface area contributed by atoms with Crippen molar-refractivity contribution in [3.05, 3.63) is 12.2 Å². The average molecular weight is 489 g/mol. The number of hydrogen-bond donors (Lipinski definition) is 6. The van der Waals surface area contributed by atoms with Crippen molar-refractivity contribution in [2.75, 3.05) is 26.7 Å². The van der Waals surface area contributed by atoms with E-state index in [9.17, 15) is 25.2 Å². The Morgan fingerprint density at radius 2 is 1.24 bits per heavy atom. The van der Waals surface area contributed by atoms with E-state index in [1.165, 1.54) is 76.2 Å². The van der Waals surface area contributed by atoms with Crippen molar-refractivity contribution in [1.29, 1.82) is 0 Å². The van der Waals surface area contributed by atoms with Gasteiger partial charge in [-0.25, -0.2) is 4.79 Å². The number of carbonyl (C=O) groups excluding carboxylic acids is 1. The normalized spacial score (nSPS) is 15.3. The van der Waals surface area contributed by atoms with Gasteiger partial charge in [-0.15, -0.1) is 0 Å². The fourth-order valence-corrected chi connectivity index (χ4v) is 3.74. The van der Waals surface area contributed by atoms with Crippen LogP contribution in [0.2, 0.25) is 0 Å². The molecule has 0 aliphatic heterocycles. The second-order valence-corrected chi connectivity index (χ2v) is 9.35. The summed E-state index contributed by atoms with van der Waals surface area (Å²) in [5.41, 5.74) is 0. The molecule has 202 valence electrons. The van der Waals surface area contributed by atoms with E-state index in [0.717, 1.165) is 25.7 Å². The summed E-state index contributed by atoms with van der Waals surface area (Å²) in [6.45, 7) is 1.83. The number of amides is 2. The molecular formula is C26H52N2O6. The Morgan fingerprint density at radius 3 is 1.76 bits per heavy atom. The molecule has 0 aromatic carbocycles. The van der Waals surface area contributed by atoms with Crippen LogP contribution in [0.15, 0.2) is 12.2 Å². The fraction of sp³-hybridized carbons (Fsp3) is 0.885. The molecule has 0 bridgehead atoms. The molecule has 4 atom stereocenters. The number of nitrogens with one attached hydrogen (secondary N) is 1. The highest BCUT2D eigenvalue weighted by atomic mass is 16.4. The number of urea groups is 1. The van der Waals surface area contributed by atoms with Crippen LogP contribution in [0, 0.1) is 0 Å². The summed E-state index contributed by atoms with van der Waals surface area (Å²) in [4.78, 5) is 13.3. The van der Waals surface area contributed by atoms with E-state index in [4.69, 9.17) is 5.11 Å². The van der Waals surface area contributed by atoms with Gasteiger partial charge in [-0.3, -0.25) is 0 Å². The lowest BCUT2D eigenvalue weighted by Crippen LogP contribution is -2.51. The van der Waals surface area contributed by atoms with Gasteiger partial charge in [0, 0.05) is 13.6 Å². The maximum Gasteiger partial charge on any atom is 0.317 e. The van der Waals surface area contributed by atoms with Gasteiger partial charge < -0.3 is 35.7 Å². The lowest BCUT2D eigenvalue weighted by Gasteiger charge is -2.28. The van der Waals surface area contributed by atoms with Crippen molar-refractivity contribution in [3.8, 4) is 0 Å². The van der Waals surface area contributed by atoms with Gasteiger partial charge >= 0.3 is 6.03 Å². The number of nitrogens with zero attached hydrogens (tertiary/aromatic N) is 1. The first kappa shape index (κ1) is 32.8. The van der Waals surface area contributed by atoms with E-state index in [2.05, 4.69) is 24.4 Å². The molecule has 0 aliphatic carbocycles. The highest BCUT2D eigenvalue weighted by Gasteiger charge is 2.31. The zero-order chi connectivity index (χ0) is 25.6. The molecule has 0 heterocycles. The molecule has 34 heavy (non-hydrogen) atoms. The zero-order valence-corrected chi connectivity index (χ0v) is 21.6. The molecule has 0 fully saturated rings. The van der Waals surface area contributed by atoms with Gasteiger partial charge in [-0.1, -0.05) is 76.9 Å². The predicted octanol–water partition coefficient (Wildman–Crippen LogP) is 3.10. The summed E-state index contributed by atoms with van der Waals surface area (Å²) in [6, 6.07) is -0.379. The van der Waals surface area contributed by atoms with Crippen molar-refractivity contribution in [1.82, 2.24) is 10.2 Å². The summed E-state index contributed by atoms with van der Waals surface area (Å²) in [6.07, 6.45) is 15.5. The number of allylic oxidation sites excluding steroid dienone is 2. The topological polar surface area (TPSA) is 133 Å². The Bertz CT molecular complexity index is 506. The van der Waals surface area contributed by atoms with Gasteiger partial charge in [0.25, 0.3) is 0 Å². The van der Waals surface area contributed by atoms with Crippen LogP contribution < -0.4 is 5.32 Å². The van der Waals surface area contributed by atoms with Crippen LogP contribution in [0.25, 0.3) is 0 Å². The number of aliphatic hydroxyl groups excluding tert-OH is 5. The van der Waals surface area contributed by atoms with E-state index in [0.29, 0.717) is 6.54 Å². The molecule has 4 unspecified atom stereocenters. The van der Waals surface area contributed by atoms with Crippen LogP contribution in [0.5, 0.6) is 0 Å². The minimum absolute atomic E-state index is 0.213. The van der Waals surface area contributed by atoms with Crippen molar-refractivity contribution in [2.45, 2.75) is 121 Å². The largest absolute Gasteiger partial charge is 0.394 e. The zero-order valence-electron chi connectivity index (χ0n) is 21.6. The van der Waals surface area contributed by atoms with Gasteiger partial charge in [-0.2, -0.15) is 0 Å². The maximum absolute atomic E-state index is 12.1. The van der Waals surface area contributed by atoms with Crippen LogP contribution in [0.1, 0.15) is 96.8 Å². The Labute approximate surface area is 207 Å². The standard InChI is InChI=1S/C26H52N2O6/c1-3-4-5-6-7-8-9-10-11-12-13-14-15-16-17-18-19-27-26(34)28(2)20-22(30)24(32)25(33)23(31)21-29/h10-11,22-25,29-33H,3-9,12-21H2,1-2H3,(H,27,34)/b11-10+. The number of hydrogen-bond acceptors (Lipinski definition) is 6. The predicted molar refractivity (Wildman–Crippen MR) is 137 cm³/mol. The number of carbonyl (C=O) groups is 1. The van der Waals surface area contributed by atoms with Crippen molar-refractivity contribution in [3.63, 3.8) is 0 Å². The number of likely N-dealkylation sites (N-methyl/N-ethyl adjacent to an activating group) is 1. The minimum atomic E-state index is -1.70. The summed E-state index contributed by atoms with van der Waals surface area (Å²) in [5.74, 6) is 0. The second kappa shape index (κ2) is 22.3. The summed E-state index contributed by atoms with van der Waals surface area (Å²) in [5, 5.41) is 50.3. The Balaban J connectivity index is 3.63. The van der Waals surface area contributed by atoms with Crippen molar-refractivity contribution >= 4 is 6.03 Å². The van der Waals surface area contributed by atoms with Crippen molar-refractivity contribution < 1.29 is 30.3 Å². The van der Waals surface area contributed by atoms with Gasteiger partial charge in [0.05, 0.1) is 13.2 Å². The summed E-state index contributed by atoms with van der Waals surface area (Å²) >= 11 is 0. The molecule has 2 amide bonds. The molecule has 6 N–H and O–H groups in total. The Kier molecular flexibility index (Phi) is 21.5. The molecule has 0 radical (unpaired) electrons. The molecule has 8 heteroatoms. The Hall–Kier alpha value is -1.19. The highest BCUT2D eigenvalue weighted by molar-refractivity contribution is 5.73. The van der Waals surface area contributed by atoms with Crippen LogP contribution >= 0.6 is 0 Å². The third-order valence-electron chi connectivity index (χ3n) is 6.10. The van der Waals surface area contributed by atoms with Gasteiger partial charge in [0.15, 0.2) is 0 Å². The average Bonchev–Trinajstić information content (AvgIpc) is 2.84. The molecule has 0 rings (SSSR count).